The van der Waals surface area contributed by atoms with Crippen LogP contribution >= 0.6 is 0 Å². The van der Waals surface area contributed by atoms with Gasteiger partial charge in [0.15, 0.2) is 5.65 Å². The molecule has 0 radical (unpaired) electrons. The maximum absolute atomic E-state index is 10.6. The van der Waals surface area contributed by atoms with Gasteiger partial charge in [0.1, 0.15) is 5.82 Å². The zero-order chi connectivity index (χ0) is 13.4. The third-order valence-electron chi connectivity index (χ3n) is 2.84. The topological polar surface area (TPSA) is 99.3 Å². The van der Waals surface area contributed by atoms with Crippen molar-refractivity contribution < 1.29 is 4.92 Å². The molecular weight excluding hydrogens is 246 g/mol. The Kier molecular flexibility index (Phi) is 2.38. The Morgan fingerprint density at radius 2 is 1.95 bits per heavy atom. The molecule has 94 valence electrons. The van der Waals surface area contributed by atoms with Gasteiger partial charge in [0, 0.05) is 30.0 Å². The van der Waals surface area contributed by atoms with E-state index in [4.69, 9.17) is 5.73 Å². The van der Waals surface area contributed by atoms with Crippen LogP contribution in [0.4, 0.5) is 11.5 Å². The normalized spacial score (nSPS) is 10.7. The van der Waals surface area contributed by atoms with Crippen LogP contribution in [-0.2, 0) is 0 Å². The van der Waals surface area contributed by atoms with Crippen LogP contribution in [0.3, 0.4) is 0 Å². The van der Waals surface area contributed by atoms with Gasteiger partial charge in [0.2, 0.25) is 0 Å². The van der Waals surface area contributed by atoms with Crippen LogP contribution in [-0.4, -0.2) is 19.5 Å². The number of nitrogens with two attached hydrogens (primary N) is 1. The Labute approximate surface area is 107 Å². The van der Waals surface area contributed by atoms with Gasteiger partial charge in [-0.05, 0) is 17.7 Å². The lowest BCUT2D eigenvalue weighted by Gasteiger charge is -2.06. The summed E-state index contributed by atoms with van der Waals surface area (Å²) in [5, 5.41) is 14.7. The number of hydrogen-bond donors (Lipinski definition) is 1. The maximum Gasteiger partial charge on any atom is 0.269 e. The molecule has 7 nitrogen and oxygen atoms in total. The molecule has 0 aliphatic rings. The Balaban J connectivity index is 2.13. The summed E-state index contributed by atoms with van der Waals surface area (Å²) in [6.07, 6.45) is 3.24. The van der Waals surface area contributed by atoms with Crippen molar-refractivity contribution in [1.29, 1.82) is 0 Å². The maximum atomic E-state index is 10.6. The second-order valence-corrected chi connectivity index (χ2v) is 3.96. The first-order chi connectivity index (χ1) is 9.16. The smallest absolute Gasteiger partial charge is 0.269 e. The minimum absolute atomic E-state index is 0.0375. The van der Waals surface area contributed by atoms with Crippen molar-refractivity contribution in [1.82, 2.24) is 14.6 Å². The molecule has 2 N–H and O–H groups in total. The van der Waals surface area contributed by atoms with Crippen LogP contribution in [0.2, 0.25) is 0 Å². The largest absolute Gasteiger partial charge is 0.383 e. The van der Waals surface area contributed by atoms with E-state index in [9.17, 15) is 10.1 Å². The minimum atomic E-state index is -0.442. The standard InChI is InChI=1S/C12H9N5O2/c13-12-10(7-14-11-5-6-15-16(11)12)8-1-3-9(4-2-8)17(18)19/h1-7H,13H2. The van der Waals surface area contributed by atoms with E-state index in [1.807, 2.05) is 0 Å². The quantitative estimate of drug-likeness (QED) is 0.556. The monoisotopic (exact) mass is 255 g/mol. The number of anilines is 1. The number of nitrogens with zero attached hydrogens (tertiary/aromatic N) is 4. The van der Waals surface area contributed by atoms with Crippen molar-refractivity contribution in [2.75, 3.05) is 5.73 Å². The number of nitro groups is 1. The van der Waals surface area contributed by atoms with E-state index in [0.717, 1.165) is 5.56 Å². The summed E-state index contributed by atoms with van der Waals surface area (Å²) in [4.78, 5) is 14.4. The molecule has 0 unspecified atom stereocenters. The van der Waals surface area contributed by atoms with Gasteiger partial charge in [0.25, 0.3) is 5.69 Å². The summed E-state index contributed by atoms with van der Waals surface area (Å²) in [6, 6.07) is 7.89. The molecule has 1 aromatic carbocycles. The van der Waals surface area contributed by atoms with Gasteiger partial charge in [-0.25, -0.2) is 4.98 Å². The predicted molar refractivity (Wildman–Crippen MR) is 69.5 cm³/mol. The first kappa shape index (κ1) is 11.1. The van der Waals surface area contributed by atoms with Crippen molar-refractivity contribution in [2.24, 2.45) is 0 Å². The van der Waals surface area contributed by atoms with Crippen molar-refractivity contribution in [2.45, 2.75) is 0 Å². The summed E-state index contributed by atoms with van der Waals surface area (Å²) in [5.41, 5.74) is 8.16. The SMILES string of the molecule is Nc1c(-c2ccc([N+](=O)[O-])cc2)cnc2ccnn12. The number of fused-ring (bicyclic) bond motifs is 1. The van der Waals surface area contributed by atoms with Crippen LogP contribution in [0.15, 0.2) is 42.7 Å². The molecule has 3 aromatic rings. The van der Waals surface area contributed by atoms with Gasteiger partial charge in [0.05, 0.1) is 11.1 Å². The van der Waals surface area contributed by atoms with Crippen molar-refractivity contribution in [3.8, 4) is 11.1 Å². The summed E-state index contributed by atoms with van der Waals surface area (Å²) < 4.78 is 1.52. The molecule has 0 atom stereocenters. The second-order valence-electron chi connectivity index (χ2n) is 3.96. The van der Waals surface area contributed by atoms with Gasteiger partial charge < -0.3 is 5.73 Å². The fraction of sp³-hybridized carbons (Fsp3) is 0. The zero-order valence-electron chi connectivity index (χ0n) is 9.72. The molecule has 2 aromatic heterocycles. The molecule has 7 heteroatoms. The van der Waals surface area contributed by atoms with Crippen LogP contribution in [0.25, 0.3) is 16.8 Å². The highest BCUT2D eigenvalue weighted by atomic mass is 16.6. The van der Waals surface area contributed by atoms with Crippen molar-refractivity contribution in [3.05, 3.63) is 52.8 Å². The van der Waals surface area contributed by atoms with Crippen molar-refractivity contribution >= 4 is 17.2 Å². The molecule has 2 heterocycles. The van der Waals surface area contributed by atoms with Gasteiger partial charge in [-0.15, -0.1) is 0 Å². The first-order valence-electron chi connectivity index (χ1n) is 5.50. The van der Waals surface area contributed by atoms with Crippen molar-refractivity contribution in [3.63, 3.8) is 0 Å². The number of rotatable bonds is 2. The van der Waals surface area contributed by atoms with E-state index in [2.05, 4.69) is 10.1 Å². The molecule has 0 bridgehead atoms. The van der Waals surface area contributed by atoms with E-state index in [1.54, 1.807) is 30.6 Å². The highest BCUT2D eigenvalue weighted by molar-refractivity contribution is 5.75. The van der Waals surface area contributed by atoms with E-state index >= 15 is 0 Å². The van der Waals surface area contributed by atoms with Gasteiger partial charge >= 0.3 is 0 Å². The summed E-state index contributed by atoms with van der Waals surface area (Å²) in [5.74, 6) is 0.448. The number of aromatic nitrogens is 3. The molecule has 0 spiro atoms. The van der Waals surface area contributed by atoms with E-state index < -0.39 is 4.92 Å². The van der Waals surface area contributed by atoms with E-state index in [-0.39, 0.29) is 5.69 Å². The molecule has 3 rings (SSSR count). The number of non-ortho nitro benzene ring substituents is 1. The van der Waals surface area contributed by atoms with Crippen LogP contribution in [0, 0.1) is 10.1 Å². The van der Waals surface area contributed by atoms with Gasteiger partial charge in [-0.2, -0.15) is 9.61 Å². The van der Waals surface area contributed by atoms with Crippen LogP contribution in [0.1, 0.15) is 0 Å². The summed E-state index contributed by atoms with van der Waals surface area (Å²) in [6.45, 7) is 0. The Hall–Kier alpha value is -2.96. The third-order valence-corrected chi connectivity index (χ3v) is 2.84. The number of hydrogen-bond acceptors (Lipinski definition) is 5. The molecule has 0 aliphatic heterocycles. The first-order valence-corrected chi connectivity index (χ1v) is 5.50. The highest BCUT2D eigenvalue weighted by Crippen LogP contribution is 2.26. The van der Waals surface area contributed by atoms with Gasteiger partial charge in [-0.3, -0.25) is 10.1 Å². The second kappa shape index (κ2) is 4.05. The third kappa shape index (κ3) is 1.77. The fourth-order valence-corrected chi connectivity index (χ4v) is 1.88. The Morgan fingerprint density at radius 1 is 1.21 bits per heavy atom. The molecule has 0 amide bonds. The molecule has 19 heavy (non-hydrogen) atoms. The van der Waals surface area contributed by atoms with E-state index in [1.165, 1.54) is 16.6 Å². The lowest BCUT2D eigenvalue weighted by atomic mass is 10.1. The summed E-state index contributed by atoms with van der Waals surface area (Å²) in [7, 11) is 0. The summed E-state index contributed by atoms with van der Waals surface area (Å²) >= 11 is 0. The highest BCUT2D eigenvalue weighted by Gasteiger charge is 2.10. The molecule has 0 saturated carbocycles. The average molecular weight is 255 g/mol. The number of nitrogen functional groups attached to an aromatic ring is 1. The average Bonchev–Trinajstić information content (AvgIpc) is 2.88. The molecule has 0 saturated heterocycles. The Bertz CT molecular complexity index is 763. The van der Waals surface area contributed by atoms with Crippen LogP contribution < -0.4 is 5.73 Å². The number of benzene rings is 1. The predicted octanol–water partition coefficient (Wildman–Crippen LogP) is 1.89. The minimum Gasteiger partial charge on any atom is -0.383 e. The Morgan fingerprint density at radius 3 is 2.63 bits per heavy atom. The molecule has 0 aliphatic carbocycles. The lowest BCUT2D eigenvalue weighted by Crippen LogP contribution is -2.02. The zero-order valence-corrected chi connectivity index (χ0v) is 9.72. The fourth-order valence-electron chi connectivity index (χ4n) is 1.88. The van der Waals surface area contributed by atoms with Crippen LogP contribution in [0.5, 0.6) is 0 Å². The van der Waals surface area contributed by atoms with E-state index in [0.29, 0.717) is 17.0 Å². The lowest BCUT2D eigenvalue weighted by molar-refractivity contribution is -0.384. The van der Waals surface area contributed by atoms with Gasteiger partial charge in [-0.1, -0.05) is 0 Å². The molecular formula is C12H9N5O2. The number of nitro benzene ring substituents is 1. The molecule has 0 fully saturated rings.